The summed E-state index contributed by atoms with van der Waals surface area (Å²) in [6.07, 6.45) is 1.51. The van der Waals surface area contributed by atoms with Gasteiger partial charge in [0.25, 0.3) is 5.91 Å². The zero-order chi connectivity index (χ0) is 14.0. The number of urea groups is 1. The molecular formula is C13H14N2O4. The molecule has 100 valence electrons. The van der Waals surface area contributed by atoms with Crippen molar-refractivity contribution in [2.24, 2.45) is 0 Å². The van der Waals surface area contributed by atoms with Crippen LogP contribution in [-0.4, -0.2) is 35.6 Å². The van der Waals surface area contributed by atoms with Crippen molar-refractivity contribution in [1.29, 1.82) is 0 Å². The Morgan fingerprint density at radius 1 is 1.42 bits per heavy atom. The van der Waals surface area contributed by atoms with Crippen molar-refractivity contribution >= 4 is 18.0 Å². The number of amides is 3. The van der Waals surface area contributed by atoms with Crippen LogP contribution in [0.25, 0.3) is 6.08 Å². The highest BCUT2D eigenvalue weighted by molar-refractivity contribution is 6.13. The maximum Gasteiger partial charge on any atom is 0.328 e. The van der Waals surface area contributed by atoms with E-state index in [2.05, 4.69) is 5.32 Å². The predicted octanol–water partition coefficient (Wildman–Crippen LogP) is 1.31. The minimum absolute atomic E-state index is 0.0269. The molecule has 1 aliphatic heterocycles. The Hall–Kier alpha value is -2.50. The highest BCUT2D eigenvalue weighted by atomic mass is 16.5. The van der Waals surface area contributed by atoms with Gasteiger partial charge in [-0.15, -0.1) is 0 Å². The Bertz CT molecular complexity index is 566. The Labute approximate surface area is 110 Å². The molecule has 6 heteroatoms. The van der Waals surface area contributed by atoms with Gasteiger partial charge in [0.2, 0.25) is 0 Å². The number of hydrogen-bond donors (Lipinski definition) is 2. The highest BCUT2D eigenvalue weighted by Gasteiger charge is 2.31. The van der Waals surface area contributed by atoms with Crippen molar-refractivity contribution in [2.45, 2.75) is 6.92 Å². The number of hydrogen-bond acceptors (Lipinski definition) is 4. The van der Waals surface area contributed by atoms with E-state index >= 15 is 0 Å². The van der Waals surface area contributed by atoms with Crippen molar-refractivity contribution in [1.82, 2.24) is 10.2 Å². The minimum Gasteiger partial charge on any atom is -0.504 e. The van der Waals surface area contributed by atoms with E-state index < -0.39 is 6.03 Å². The molecule has 0 unspecified atom stereocenters. The monoisotopic (exact) mass is 262 g/mol. The number of carbonyl (C=O) groups excluding carboxylic acids is 2. The third-order valence-corrected chi connectivity index (χ3v) is 2.79. The van der Waals surface area contributed by atoms with Crippen LogP contribution < -0.4 is 10.1 Å². The Kier molecular flexibility index (Phi) is 3.41. The van der Waals surface area contributed by atoms with Crippen LogP contribution in [0.15, 0.2) is 23.9 Å². The summed E-state index contributed by atoms with van der Waals surface area (Å²) < 4.78 is 4.93. The fourth-order valence-corrected chi connectivity index (χ4v) is 1.82. The first kappa shape index (κ1) is 12.9. The summed E-state index contributed by atoms with van der Waals surface area (Å²) in [5, 5.41) is 12.1. The molecule has 2 N–H and O–H groups in total. The summed E-state index contributed by atoms with van der Waals surface area (Å²) in [7, 11) is 1.45. The number of benzene rings is 1. The zero-order valence-electron chi connectivity index (χ0n) is 10.6. The molecule has 0 spiro atoms. The number of methoxy groups -OCH3 is 1. The van der Waals surface area contributed by atoms with Crippen LogP contribution >= 0.6 is 0 Å². The van der Waals surface area contributed by atoms with Crippen molar-refractivity contribution in [3.05, 3.63) is 29.5 Å². The van der Waals surface area contributed by atoms with E-state index in [1.54, 1.807) is 19.1 Å². The lowest BCUT2D eigenvalue weighted by molar-refractivity contribution is -0.122. The molecular weight excluding hydrogens is 248 g/mol. The van der Waals surface area contributed by atoms with Gasteiger partial charge < -0.3 is 15.2 Å². The van der Waals surface area contributed by atoms with Crippen LogP contribution in [0.2, 0.25) is 0 Å². The topological polar surface area (TPSA) is 78.9 Å². The molecule has 0 radical (unpaired) electrons. The molecule has 0 saturated carbocycles. The van der Waals surface area contributed by atoms with Gasteiger partial charge in [0, 0.05) is 6.54 Å². The first-order valence-electron chi connectivity index (χ1n) is 5.78. The molecule has 1 aromatic carbocycles. The molecule has 2 rings (SSSR count). The van der Waals surface area contributed by atoms with Crippen LogP contribution in [0.4, 0.5) is 4.79 Å². The van der Waals surface area contributed by atoms with E-state index in [1.165, 1.54) is 19.3 Å². The van der Waals surface area contributed by atoms with Gasteiger partial charge in [-0.05, 0) is 30.7 Å². The number of rotatable bonds is 3. The Balaban J connectivity index is 2.30. The molecule has 1 aliphatic rings. The molecule has 1 fully saturated rings. The summed E-state index contributed by atoms with van der Waals surface area (Å²) in [6.45, 7) is 2.04. The van der Waals surface area contributed by atoms with Crippen molar-refractivity contribution in [3.8, 4) is 11.5 Å². The average molecular weight is 262 g/mol. The van der Waals surface area contributed by atoms with Gasteiger partial charge in [-0.1, -0.05) is 6.07 Å². The largest absolute Gasteiger partial charge is 0.504 e. The lowest BCUT2D eigenvalue weighted by atomic mass is 10.1. The second-order valence-corrected chi connectivity index (χ2v) is 3.97. The van der Waals surface area contributed by atoms with Crippen molar-refractivity contribution < 1.29 is 19.4 Å². The predicted molar refractivity (Wildman–Crippen MR) is 68.6 cm³/mol. The van der Waals surface area contributed by atoms with Crippen molar-refractivity contribution in [3.63, 3.8) is 0 Å². The number of aromatic hydroxyl groups is 1. The van der Waals surface area contributed by atoms with Crippen molar-refractivity contribution in [2.75, 3.05) is 13.7 Å². The van der Waals surface area contributed by atoms with Gasteiger partial charge >= 0.3 is 6.03 Å². The van der Waals surface area contributed by atoms with Crippen LogP contribution in [0.5, 0.6) is 11.5 Å². The van der Waals surface area contributed by atoms with E-state index in [-0.39, 0.29) is 17.4 Å². The summed E-state index contributed by atoms with van der Waals surface area (Å²) in [4.78, 5) is 24.4. The number of ether oxygens (including phenoxy) is 1. The molecule has 1 saturated heterocycles. The lowest BCUT2D eigenvalue weighted by Gasteiger charge is -2.06. The van der Waals surface area contributed by atoms with Gasteiger partial charge in [0.15, 0.2) is 11.5 Å². The van der Waals surface area contributed by atoms with Crippen LogP contribution in [0.1, 0.15) is 12.5 Å². The van der Waals surface area contributed by atoms with Gasteiger partial charge in [-0.3, -0.25) is 9.69 Å². The number of phenolic OH excluding ortho intramolecular Hbond substituents is 1. The van der Waals surface area contributed by atoms with E-state index in [9.17, 15) is 14.7 Å². The van der Waals surface area contributed by atoms with E-state index in [1.807, 2.05) is 0 Å². The third kappa shape index (κ3) is 2.37. The highest BCUT2D eigenvalue weighted by Crippen LogP contribution is 2.27. The first-order valence-corrected chi connectivity index (χ1v) is 5.78. The summed E-state index contributed by atoms with van der Waals surface area (Å²) in [6, 6.07) is 4.29. The molecule has 3 amide bonds. The number of nitrogens with zero attached hydrogens (tertiary/aromatic N) is 1. The molecule has 19 heavy (non-hydrogen) atoms. The summed E-state index contributed by atoms with van der Waals surface area (Å²) in [5.74, 6) is -0.0529. The van der Waals surface area contributed by atoms with Gasteiger partial charge in [-0.2, -0.15) is 0 Å². The molecule has 0 bridgehead atoms. The van der Waals surface area contributed by atoms with Crippen LogP contribution in [0.3, 0.4) is 0 Å². The molecule has 0 atom stereocenters. The second-order valence-electron chi connectivity index (χ2n) is 3.97. The Morgan fingerprint density at radius 2 is 2.16 bits per heavy atom. The smallest absolute Gasteiger partial charge is 0.328 e. The maximum absolute atomic E-state index is 11.8. The Morgan fingerprint density at radius 3 is 2.68 bits per heavy atom. The number of carbonyl (C=O) groups is 2. The third-order valence-electron chi connectivity index (χ3n) is 2.79. The standard InChI is InChI=1S/C13H14N2O4/c1-3-15-12(17)9(14-13(15)18)6-8-4-5-11(19-2)10(16)7-8/h4-7,16H,3H2,1-2H3,(H,14,18)/b9-6+. The number of phenols is 1. The number of likely N-dealkylation sites (N-methyl/N-ethyl adjacent to an activating group) is 1. The number of imide groups is 1. The minimum atomic E-state index is -0.434. The zero-order valence-corrected chi connectivity index (χ0v) is 10.6. The second kappa shape index (κ2) is 5.01. The van der Waals surface area contributed by atoms with Gasteiger partial charge in [0.1, 0.15) is 5.70 Å². The fourth-order valence-electron chi connectivity index (χ4n) is 1.82. The molecule has 1 heterocycles. The molecule has 0 aliphatic carbocycles. The van der Waals surface area contributed by atoms with Gasteiger partial charge in [0.05, 0.1) is 7.11 Å². The van der Waals surface area contributed by atoms with Gasteiger partial charge in [-0.25, -0.2) is 4.79 Å². The SMILES string of the molecule is CCN1C(=O)N/C(=C/c2ccc(OC)c(O)c2)C1=O. The lowest BCUT2D eigenvalue weighted by Crippen LogP contribution is -2.30. The van der Waals surface area contributed by atoms with E-state index in [0.29, 0.717) is 17.9 Å². The normalized spacial score (nSPS) is 16.9. The summed E-state index contributed by atoms with van der Waals surface area (Å²) in [5.41, 5.74) is 0.788. The maximum atomic E-state index is 11.8. The number of nitrogens with one attached hydrogen (secondary N) is 1. The fraction of sp³-hybridized carbons (Fsp3) is 0.231. The first-order chi connectivity index (χ1) is 9.06. The van der Waals surface area contributed by atoms with Crippen LogP contribution in [0, 0.1) is 0 Å². The molecule has 6 nitrogen and oxygen atoms in total. The quantitative estimate of drug-likeness (QED) is 0.636. The van der Waals surface area contributed by atoms with Crippen LogP contribution in [-0.2, 0) is 4.79 Å². The summed E-state index contributed by atoms with van der Waals surface area (Å²) >= 11 is 0. The van der Waals surface area contributed by atoms with E-state index in [0.717, 1.165) is 4.90 Å². The van der Waals surface area contributed by atoms with E-state index in [4.69, 9.17) is 4.74 Å². The molecule has 0 aromatic heterocycles. The molecule has 1 aromatic rings. The average Bonchev–Trinajstić information content (AvgIpc) is 2.64.